The van der Waals surface area contributed by atoms with Crippen LogP contribution in [0.15, 0.2) is 35.7 Å². The number of hydrogen-bond acceptors (Lipinski definition) is 3. The molecule has 0 heterocycles. The molecular weight excluding hydrogens is 262 g/mol. The van der Waals surface area contributed by atoms with E-state index in [1.807, 2.05) is 0 Å². The second-order valence-electron chi connectivity index (χ2n) is 3.47. The minimum absolute atomic E-state index is 0.0806. The van der Waals surface area contributed by atoms with Crippen LogP contribution in [0.3, 0.4) is 0 Å². The molecular formula is C11H12ClNO3S. The van der Waals surface area contributed by atoms with Crippen molar-refractivity contribution in [2.75, 3.05) is 6.54 Å². The second kappa shape index (κ2) is 5.33. The summed E-state index contributed by atoms with van der Waals surface area (Å²) >= 11 is 0. The first-order valence-electron chi connectivity index (χ1n) is 4.80. The fourth-order valence-electron chi connectivity index (χ4n) is 1.29. The number of nitrogens with one attached hydrogen (secondary N) is 1. The summed E-state index contributed by atoms with van der Waals surface area (Å²) < 4.78 is 22.4. The van der Waals surface area contributed by atoms with Gasteiger partial charge in [-0.25, -0.2) is 8.42 Å². The van der Waals surface area contributed by atoms with E-state index in [4.69, 9.17) is 10.7 Å². The summed E-state index contributed by atoms with van der Waals surface area (Å²) in [6.07, 6.45) is 1.53. The van der Waals surface area contributed by atoms with Gasteiger partial charge in [0.15, 0.2) is 0 Å². The topological polar surface area (TPSA) is 63.2 Å². The SMILES string of the molecule is C=CCNC(=O)c1cc(C)cc(S(=O)(=O)Cl)c1. The Kier molecular flexibility index (Phi) is 4.31. The molecule has 0 saturated carbocycles. The van der Waals surface area contributed by atoms with Crippen molar-refractivity contribution in [1.29, 1.82) is 0 Å². The van der Waals surface area contributed by atoms with Gasteiger partial charge in [-0.1, -0.05) is 6.08 Å². The Labute approximate surface area is 105 Å². The maximum Gasteiger partial charge on any atom is 0.261 e. The van der Waals surface area contributed by atoms with Gasteiger partial charge in [-0.2, -0.15) is 0 Å². The van der Waals surface area contributed by atoms with Crippen LogP contribution in [0.2, 0.25) is 0 Å². The highest BCUT2D eigenvalue weighted by molar-refractivity contribution is 8.13. The zero-order valence-corrected chi connectivity index (χ0v) is 10.8. The van der Waals surface area contributed by atoms with E-state index in [2.05, 4.69) is 11.9 Å². The average molecular weight is 274 g/mol. The molecule has 0 aromatic heterocycles. The minimum Gasteiger partial charge on any atom is -0.349 e. The predicted octanol–water partition coefficient (Wildman–Crippen LogP) is 1.84. The number of aryl methyl sites for hydroxylation is 1. The second-order valence-corrected chi connectivity index (χ2v) is 6.04. The molecule has 0 aliphatic carbocycles. The van der Waals surface area contributed by atoms with Crippen molar-refractivity contribution >= 4 is 25.6 Å². The van der Waals surface area contributed by atoms with E-state index in [0.29, 0.717) is 12.1 Å². The smallest absolute Gasteiger partial charge is 0.261 e. The van der Waals surface area contributed by atoms with Crippen LogP contribution < -0.4 is 5.32 Å². The quantitative estimate of drug-likeness (QED) is 0.672. The van der Waals surface area contributed by atoms with Crippen molar-refractivity contribution < 1.29 is 13.2 Å². The van der Waals surface area contributed by atoms with Crippen LogP contribution in [0.4, 0.5) is 0 Å². The van der Waals surface area contributed by atoms with Gasteiger partial charge < -0.3 is 5.32 Å². The molecule has 1 aromatic rings. The molecule has 4 nitrogen and oxygen atoms in total. The largest absolute Gasteiger partial charge is 0.349 e. The average Bonchev–Trinajstić information content (AvgIpc) is 2.23. The summed E-state index contributed by atoms with van der Waals surface area (Å²) in [6, 6.07) is 4.24. The summed E-state index contributed by atoms with van der Waals surface area (Å²) in [6.45, 7) is 5.47. The molecule has 0 unspecified atom stereocenters. The number of carbonyl (C=O) groups is 1. The number of benzene rings is 1. The number of rotatable bonds is 4. The first-order valence-corrected chi connectivity index (χ1v) is 7.11. The number of hydrogen-bond donors (Lipinski definition) is 1. The molecule has 1 amide bonds. The fraction of sp³-hybridized carbons (Fsp3) is 0.182. The maximum atomic E-state index is 11.6. The molecule has 17 heavy (non-hydrogen) atoms. The first-order chi connectivity index (χ1) is 7.84. The summed E-state index contributed by atoms with van der Waals surface area (Å²) in [5.74, 6) is -0.366. The van der Waals surface area contributed by atoms with Gasteiger partial charge in [-0.05, 0) is 30.7 Å². The lowest BCUT2D eigenvalue weighted by molar-refractivity contribution is 0.0957. The van der Waals surface area contributed by atoms with Crippen LogP contribution in [0, 0.1) is 6.92 Å². The van der Waals surface area contributed by atoms with Crippen LogP contribution in [0.25, 0.3) is 0 Å². The molecule has 1 rings (SSSR count). The highest BCUT2D eigenvalue weighted by atomic mass is 35.7. The summed E-state index contributed by atoms with van der Waals surface area (Å²) in [5.41, 5.74) is 0.904. The highest BCUT2D eigenvalue weighted by Gasteiger charge is 2.14. The molecule has 0 spiro atoms. The van der Waals surface area contributed by atoms with Crippen LogP contribution in [0.5, 0.6) is 0 Å². The Bertz CT molecular complexity index is 552. The normalized spacial score (nSPS) is 10.9. The first kappa shape index (κ1) is 13.7. The zero-order chi connectivity index (χ0) is 13.1. The Morgan fingerprint density at radius 1 is 1.47 bits per heavy atom. The van der Waals surface area contributed by atoms with Gasteiger partial charge in [0.1, 0.15) is 0 Å². The highest BCUT2D eigenvalue weighted by Crippen LogP contribution is 2.18. The Hall–Kier alpha value is -1.33. The molecule has 92 valence electrons. The van der Waals surface area contributed by atoms with Gasteiger partial charge in [0.25, 0.3) is 15.0 Å². The Balaban J connectivity index is 3.14. The fourth-order valence-corrected chi connectivity index (χ4v) is 2.15. The van der Waals surface area contributed by atoms with E-state index < -0.39 is 9.05 Å². The molecule has 6 heteroatoms. The lowest BCUT2D eigenvalue weighted by Gasteiger charge is -2.05. The monoisotopic (exact) mass is 273 g/mol. The van der Waals surface area contributed by atoms with Crippen LogP contribution in [0.1, 0.15) is 15.9 Å². The lowest BCUT2D eigenvalue weighted by atomic mass is 10.1. The third kappa shape index (κ3) is 3.87. The molecule has 1 aromatic carbocycles. The van der Waals surface area contributed by atoms with E-state index >= 15 is 0 Å². The molecule has 0 aliphatic heterocycles. The Morgan fingerprint density at radius 2 is 2.12 bits per heavy atom. The summed E-state index contributed by atoms with van der Waals surface area (Å²) in [7, 11) is 1.41. The molecule has 0 fully saturated rings. The van der Waals surface area contributed by atoms with E-state index in [0.717, 1.165) is 0 Å². The molecule has 0 bridgehead atoms. The third-order valence-corrected chi connectivity index (χ3v) is 3.33. The molecule has 1 N–H and O–H groups in total. The van der Waals surface area contributed by atoms with Gasteiger partial charge in [0.05, 0.1) is 4.90 Å². The van der Waals surface area contributed by atoms with E-state index in [-0.39, 0.29) is 16.4 Å². The van der Waals surface area contributed by atoms with Crippen LogP contribution in [-0.2, 0) is 9.05 Å². The van der Waals surface area contributed by atoms with Gasteiger partial charge >= 0.3 is 0 Å². The van der Waals surface area contributed by atoms with Gasteiger partial charge in [0.2, 0.25) is 0 Å². The molecule has 0 saturated heterocycles. The Morgan fingerprint density at radius 3 is 2.65 bits per heavy atom. The third-order valence-electron chi connectivity index (χ3n) is 2.00. The number of carbonyl (C=O) groups excluding carboxylic acids is 1. The van der Waals surface area contributed by atoms with Crippen molar-refractivity contribution in [2.45, 2.75) is 11.8 Å². The standard InChI is InChI=1S/C11H12ClNO3S/c1-3-4-13-11(14)9-5-8(2)6-10(7-9)17(12,15)16/h3,5-7H,1,4H2,2H3,(H,13,14). The van der Waals surface area contributed by atoms with Gasteiger partial charge in [0, 0.05) is 22.8 Å². The van der Waals surface area contributed by atoms with Crippen molar-refractivity contribution in [3.8, 4) is 0 Å². The predicted molar refractivity (Wildman–Crippen MR) is 66.7 cm³/mol. The zero-order valence-electron chi connectivity index (χ0n) is 9.23. The van der Waals surface area contributed by atoms with Crippen LogP contribution >= 0.6 is 10.7 Å². The summed E-state index contributed by atoms with van der Waals surface area (Å²) in [5, 5.41) is 2.56. The summed E-state index contributed by atoms with van der Waals surface area (Å²) in [4.78, 5) is 11.6. The van der Waals surface area contributed by atoms with E-state index in [9.17, 15) is 13.2 Å². The van der Waals surface area contributed by atoms with E-state index in [1.54, 1.807) is 13.0 Å². The lowest BCUT2D eigenvalue weighted by Crippen LogP contribution is -2.23. The molecule has 0 atom stereocenters. The number of amides is 1. The number of halogens is 1. The van der Waals surface area contributed by atoms with E-state index in [1.165, 1.54) is 18.2 Å². The van der Waals surface area contributed by atoms with Crippen molar-refractivity contribution in [1.82, 2.24) is 5.32 Å². The minimum atomic E-state index is -3.83. The van der Waals surface area contributed by atoms with Gasteiger partial charge in [-0.3, -0.25) is 4.79 Å². The van der Waals surface area contributed by atoms with Crippen molar-refractivity contribution in [2.24, 2.45) is 0 Å². The maximum absolute atomic E-state index is 11.6. The van der Waals surface area contributed by atoms with Gasteiger partial charge in [-0.15, -0.1) is 6.58 Å². The van der Waals surface area contributed by atoms with Crippen molar-refractivity contribution in [3.05, 3.63) is 42.0 Å². The molecule has 0 aliphatic rings. The van der Waals surface area contributed by atoms with Crippen molar-refractivity contribution in [3.63, 3.8) is 0 Å². The molecule has 0 radical (unpaired) electrons. The van der Waals surface area contributed by atoms with Crippen LogP contribution in [-0.4, -0.2) is 20.9 Å².